The van der Waals surface area contributed by atoms with E-state index in [1.165, 1.54) is 0 Å². The van der Waals surface area contributed by atoms with Crippen molar-refractivity contribution in [2.75, 3.05) is 19.8 Å². The zero-order valence-corrected chi connectivity index (χ0v) is 12.7. The van der Waals surface area contributed by atoms with Gasteiger partial charge in [0.15, 0.2) is 6.10 Å². The van der Waals surface area contributed by atoms with Crippen molar-refractivity contribution in [1.29, 1.82) is 0 Å². The van der Waals surface area contributed by atoms with E-state index in [-0.39, 0.29) is 12.2 Å². The molecule has 2 fully saturated rings. The lowest BCUT2D eigenvalue weighted by Gasteiger charge is -2.06. The zero-order chi connectivity index (χ0) is 15.5. The molecular weight excluding hydrogens is 292 g/mol. The summed E-state index contributed by atoms with van der Waals surface area (Å²) in [6.07, 6.45) is 2.29. The number of para-hydroxylation sites is 2. The first-order chi connectivity index (χ1) is 11.4. The van der Waals surface area contributed by atoms with Crippen LogP contribution < -0.4 is 9.47 Å². The third kappa shape index (κ3) is 3.85. The van der Waals surface area contributed by atoms with E-state index in [0.29, 0.717) is 13.2 Å². The summed E-state index contributed by atoms with van der Waals surface area (Å²) >= 11 is 0. The Morgan fingerprint density at radius 3 is 2.57 bits per heavy atom. The Labute approximate surface area is 135 Å². The van der Waals surface area contributed by atoms with Crippen LogP contribution >= 0.6 is 0 Å². The van der Waals surface area contributed by atoms with E-state index in [4.69, 9.17) is 18.9 Å². The monoisotopic (exact) mass is 310 g/mol. The summed E-state index contributed by atoms with van der Waals surface area (Å²) in [7, 11) is 0. The highest BCUT2D eigenvalue weighted by Gasteiger charge is 2.33. The van der Waals surface area contributed by atoms with Gasteiger partial charge in [0.25, 0.3) is 0 Å². The minimum atomic E-state index is 0.0232. The van der Waals surface area contributed by atoms with Crippen LogP contribution in [0.2, 0.25) is 0 Å². The fourth-order valence-electron chi connectivity index (χ4n) is 2.29. The van der Waals surface area contributed by atoms with Gasteiger partial charge in [-0.2, -0.15) is 0 Å². The Balaban J connectivity index is 1.35. The standard InChI is InChI=1S/C19H18O4/c1-2-7-15(8-3-1)21-13-19-18(23-19)10-14-6-4-5-9-17(14)22-12-16-11-20-16/h1-10,16,19H,11-13H2. The molecule has 2 aromatic rings. The van der Waals surface area contributed by atoms with Crippen molar-refractivity contribution >= 4 is 6.08 Å². The molecule has 2 unspecified atom stereocenters. The molecule has 0 saturated carbocycles. The van der Waals surface area contributed by atoms with Crippen LogP contribution in [0.15, 0.2) is 60.4 Å². The highest BCUT2D eigenvalue weighted by Crippen LogP contribution is 2.32. The highest BCUT2D eigenvalue weighted by atomic mass is 16.6. The van der Waals surface area contributed by atoms with Gasteiger partial charge in [-0.3, -0.25) is 0 Å². The van der Waals surface area contributed by atoms with Crippen molar-refractivity contribution in [3.05, 3.63) is 65.9 Å². The van der Waals surface area contributed by atoms with Crippen LogP contribution in [0.25, 0.3) is 6.08 Å². The van der Waals surface area contributed by atoms with Crippen LogP contribution in [0.3, 0.4) is 0 Å². The second kappa shape index (κ2) is 6.34. The van der Waals surface area contributed by atoms with Crippen LogP contribution in [-0.2, 0) is 9.47 Å². The molecule has 118 valence electrons. The molecule has 0 amide bonds. The SMILES string of the molecule is C(=C1OC1COc1ccccc1)c1ccccc1OCC1CO1. The second-order valence-corrected chi connectivity index (χ2v) is 5.58. The normalized spacial score (nSPS) is 23.2. The van der Waals surface area contributed by atoms with Gasteiger partial charge < -0.3 is 18.9 Å². The molecule has 0 radical (unpaired) electrons. The lowest BCUT2D eigenvalue weighted by Crippen LogP contribution is -2.05. The first-order valence-corrected chi connectivity index (χ1v) is 7.78. The van der Waals surface area contributed by atoms with Crippen molar-refractivity contribution < 1.29 is 18.9 Å². The van der Waals surface area contributed by atoms with E-state index in [2.05, 4.69) is 0 Å². The maximum atomic E-state index is 5.80. The van der Waals surface area contributed by atoms with Crippen LogP contribution in [0.1, 0.15) is 5.56 Å². The van der Waals surface area contributed by atoms with E-state index in [9.17, 15) is 0 Å². The van der Waals surface area contributed by atoms with Crippen LogP contribution in [-0.4, -0.2) is 32.0 Å². The molecule has 4 nitrogen and oxygen atoms in total. The Morgan fingerprint density at radius 1 is 0.957 bits per heavy atom. The summed E-state index contributed by atoms with van der Waals surface area (Å²) in [6, 6.07) is 17.7. The Morgan fingerprint density at radius 2 is 1.74 bits per heavy atom. The lowest BCUT2D eigenvalue weighted by atomic mass is 10.2. The van der Waals surface area contributed by atoms with Crippen molar-refractivity contribution in [1.82, 2.24) is 0 Å². The van der Waals surface area contributed by atoms with Gasteiger partial charge in [-0.05, 0) is 24.3 Å². The molecule has 0 N–H and O–H groups in total. The molecule has 0 bridgehead atoms. The minimum Gasteiger partial charge on any atom is -0.490 e. The van der Waals surface area contributed by atoms with E-state index in [1.54, 1.807) is 0 Å². The molecular formula is C19H18O4. The van der Waals surface area contributed by atoms with Crippen LogP contribution in [0.4, 0.5) is 0 Å². The van der Waals surface area contributed by atoms with Crippen molar-refractivity contribution in [2.45, 2.75) is 12.2 Å². The summed E-state index contributed by atoms with van der Waals surface area (Å²) in [5, 5.41) is 0. The fraction of sp³-hybridized carbons (Fsp3) is 0.263. The van der Waals surface area contributed by atoms with Gasteiger partial charge in [0, 0.05) is 5.56 Å². The van der Waals surface area contributed by atoms with E-state index < -0.39 is 0 Å². The highest BCUT2D eigenvalue weighted by molar-refractivity contribution is 5.61. The number of epoxide rings is 2. The summed E-state index contributed by atoms with van der Waals surface area (Å²) in [5.74, 6) is 2.64. The average molecular weight is 310 g/mol. The van der Waals surface area contributed by atoms with Crippen molar-refractivity contribution in [2.24, 2.45) is 0 Å². The predicted molar refractivity (Wildman–Crippen MR) is 86.5 cm³/mol. The number of benzene rings is 2. The summed E-state index contributed by atoms with van der Waals surface area (Å²) in [6.45, 7) is 1.92. The molecule has 2 heterocycles. The molecule has 4 heteroatoms. The van der Waals surface area contributed by atoms with E-state index in [0.717, 1.165) is 29.4 Å². The number of hydrogen-bond acceptors (Lipinski definition) is 4. The quantitative estimate of drug-likeness (QED) is 0.736. The van der Waals surface area contributed by atoms with Gasteiger partial charge in [-0.25, -0.2) is 0 Å². The Bertz CT molecular complexity index is 692. The molecule has 2 atom stereocenters. The fourth-order valence-corrected chi connectivity index (χ4v) is 2.29. The molecule has 0 aromatic heterocycles. The first kappa shape index (κ1) is 14.2. The van der Waals surface area contributed by atoms with Gasteiger partial charge in [-0.1, -0.05) is 36.4 Å². The maximum absolute atomic E-state index is 5.80. The lowest BCUT2D eigenvalue weighted by molar-refractivity contribution is 0.262. The molecule has 2 aromatic carbocycles. The Hall–Kier alpha value is -2.46. The van der Waals surface area contributed by atoms with Crippen LogP contribution in [0, 0.1) is 0 Å². The number of ether oxygens (including phenoxy) is 4. The average Bonchev–Trinajstić information content (AvgIpc) is 3.50. The predicted octanol–water partition coefficient (Wildman–Crippen LogP) is 3.28. The second-order valence-electron chi connectivity index (χ2n) is 5.58. The third-order valence-electron chi connectivity index (χ3n) is 3.73. The van der Waals surface area contributed by atoms with Crippen molar-refractivity contribution in [3.63, 3.8) is 0 Å². The van der Waals surface area contributed by atoms with Gasteiger partial charge in [0.05, 0.1) is 6.61 Å². The van der Waals surface area contributed by atoms with E-state index >= 15 is 0 Å². The number of rotatable bonds is 7. The molecule has 0 aliphatic carbocycles. The largest absolute Gasteiger partial charge is 0.490 e. The summed E-state index contributed by atoms with van der Waals surface area (Å²) in [5.41, 5.74) is 1.02. The minimum absolute atomic E-state index is 0.0232. The molecule has 23 heavy (non-hydrogen) atoms. The van der Waals surface area contributed by atoms with Gasteiger partial charge in [-0.15, -0.1) is 0 Å². The topological polar surface area (TPSA) is 43.5 Å². The van der Waals surface area contributed by atoms with Gasteiger partial charge in [0.2, 0.25) is 0 Å². The smallest absolute Gasteiger partial charge is 0.189 e. The molecule has 0 spiro atoms. The molecule has 4 rings (SSSR count). The maximum Gasteiger partial charge on any atom is 0.189 e. The number of hydrogen-bond donors (Lipinski definition) is 0. The molecule has 2 saturated heterocycles. The van der Waals surface area contributed by atoms with Gasteiger partial charge in [0.1, 0.15) is 36.6 Å². The Kier molecular flexibility index (Phi) is 3.90. The van der Waals surface area contributed by atoms with Crippen LogP contribution in [0.5, 0.6) is 11.5 Å². The first-order valence-electron chi connectivity index (χ1n) is 7.78. The molecule has 2 aliphatic heterocycles. The third-order valence-corrected chi connectivity index (χ3v) is 3.73. The van der Waals surface area contributed by atoms with Crippen molar-refractivity contribution in [3.8, 4) is 11.5 Å². The zero-order valence-electron chi connectivity index (χ0n) is 12.7. The van der Waals surface area contributed by atoms with E-state index in [1.807, 2.05) is 60.7 Å². The summed E-state index contributed by atoms with van der Waals surface area (Å²) < 4.78 is 22.3. The summed E-state index contributed by atoms with van der Waals surface area (Å²) in [4.78, 5) is 0. The molecule has 2 aliphatic rings. The van der Waals surface area contributed by atoms with Gasteiger partial charge >= 0.3 is 0 Å².